The van der Waals surface area contributed by atoms with Crippen LogP contribution in [-0.4, -0.2) is 199 Å². The van der Waals surface area contributed by atoms with E-state index in [9.17, 15) is 53.3 Å². The normalized spacial score (nSPS) is 17.6. The molecule has 0 bridgehead atoms. The first-order valence-electron chi connectivity index (χ1n) is 30.4. The molecule has 4 heterocycles. The minimum absolute atomic E-state index is 0.0425. The molecular weight excluding hydrogens is 1250 g/mol. The Kier molecular flexibility index (Phi) is 28.3. The van der Waals surface area contributed by atoms with E-state index in [0.29, 0.717) is 139 Å². The number of hydrogen-bond donors (Lipinski definition) is 3. The molecule has 506 valence electrons. The van der Waals surface area contributed by atoms with E-state index in [2.05, 4.69) is 11.0 Å². The van der Waals surface area contributed by atoms with Crippen molar-refractivity contribution in [2.24, 2.45) is 0 Å². The van der Waals surface area contributed by atoms with Crippen molar-refractivity contribution >= 4 is 82.1 Å². The highest BCUT2D eigenvalue weighted by Gasteiger charge is 2.45. The smallest absolute Gasteiger partial charge is 0.362 e. The number of ether oxygens (including phenoxy) is 8. The van der Waals surface area contributed by atoms with Crippen LogP contribution in [0, 0.1) is 0 Å². The molecule has 3 aliphatic rings. The van der Waals surface area contributed by atoms with Gasteiger partial charge in [-0.15, -0.1) is 5.06 Å². The Bertz CT molecular complexity index is 3390. The first-order valence-corrected chi connectivity index (χ1v) is 35.1. The molecule has 0 radical (unpaired) electrons. The van der Waals surface area contributed by atoms with Crippen LogP contribution >= 0.6 is 0 Å². The number of allylic oxidation sites excluding steroid dienone is 6. The summed E-state index contributed by atoms with van der Waals surface area (Å²) >= 11 is 0. The number of rotatable bonds is 41. The number of nitrogens with zero attached hydrogens (tertiary/aromatic N) is 3. The average molecular weight is 1340 g/mol. The first-order chi connectivity index (χ1) is 43.1. The van der Waals surface area contributed by atoms with Crippen molar-refractivity contribution in [1.29, 1.82) is 0 Å². The monoisotopic (exact) mass is 1340 g/mol. The van der Waals surface area contributed by atoms with Crippen LogP contribution in [0.3, 0.4) is 0 Å². The molecular formula is C63H90N3O22S3+. The van der Waals surface area contributed by atoms with Crippen molar-refractivity contribution < 1.29 is 100 Å². The summed E-state index contributed by atoms with van der Waals surface area (Å²) in [6, 6.07) is 10.0. The molecule has 0 spiro atoms. The van der Waals surface area contributed by atoms with Crippen LogP contribution < -0.4 is 9.80 Å². The zero-order valence-corrected chi connectivity index (χ0v) is 55.6. The van der Waals surface area contributed by atoms with Crippen LogP contribution in [0.2, 0.25) is 0 Å². The quantitative estimate of drug-likeness (QED) is 0.0159. The van der Waals surface area contributed by atoms with Crippen molar-refractivity contribution in [3.8, 4) is 0 Å². The Morgan fingerprint density at radius 2 is 1.20 bits per heavy atom. The van der Waals surface area contributed by atoms with E-state index in [1.165, 1.54) is 18.2 Å². The van der Waals surface area contributed by atoms with Crippen molar-refractivity contribution in [3.05, 3.63) is 94.9 Å². The number of fused-ring (bicyclic) bond motifs is 3. The minimum atomic E-state index is -4.71. The van der Waals surface area contributed by atoms with Crippen molar-refractivity contribution in [1.82, 2.24) is 5.06 Å². The van der Waals surface area contributed by atoms with Gasteiger partial charge in [-0.25, -0.2) is 9.21 Å². The second-order valence-electron chi connectivity index (χ2n) is 23.5. The lowest BCUT2D eigenvalue weighted by molar-refractivity contribution is -0.197. The van der Waals surface area contributed by atoms with Gasteiger partial charge in [-0.1, -0.05) is 30.4 Å². The minimum Gasteiger partial charge on any atom is -0.382 e. The highest BCUT2D eigenvalue weighted by molar-refractivity contribution is 7.86. The molecule has 0 saturated carbocycles. The van der Waals surface area contributed by atoms with E-state index in [0.717, 1.165) is 27.8 Å². The molecule has 25 nitrogen and oxygen atoms in total. The van der Waals surface area contributed by atoms with Gasteiger partial charge in [-0.2, -0.15) is 25.3 Å². The van der Waals surface area contributed by atoms with Crippen LogP contribution in [0.25, 0.3) is 22.6 Å². The maximum atomic E-state index is 13.0. The lowest BCUT2D eigenvalue weighted by atomic mass is 9.77. The Morgan fingerprint density at radius 3 is 1.73 bits per heavy atom. The molecule has 91 heavy (non-hydrogen) atoms. The van der Waals surface area contributed by atoms with Crippen molar-refractivity contribution in [2.75, 3.05) is 141 Å². The molecule has 3 aliphatic heterocycles. The molecule has 0 aliphatic carbocycles. The summed E-state index contributed by atoms with van der Waals surface area (Å²) in [6.07, 6.45) is 12.0. The predicted octanol–water partition coefficient (Wildman–Crippen LogP) is 7.96. The molecule has 28 heteroatoms. The summed E-state index contributed by atoms with van der Waals surface area (Å²) in [5, 5.41) is 1.21. The molecule has 1 aromatic heterocycles. The van der Waals surface area contributed by atoms with Gasteiger partial charge in [0.25, 0.3) is 42.2 Å². The van der Waals surface area contributed by atoms with E-state index in [4.69, 9.17) is 47.1 Å². The topological polar surface area (TPSA) is 318 Å². The van der Waals surface area contributed by atoms with Crippen LogP contribution in [0.15, 0.2) is 81.8 Å². The highest BCUT2D eigenvalue weighted by Crippen LogP contribution is 2.52. The Balaban J connectivity index is 1.36. The zero-order valence-electron chi connectivity index (χ0n) is 53.2. The molecule has 6 rings (SSSR count). The van der Waals surface area contributed by atoms with Gasteiger partial charge in [0.05, 0.1) is 124 Å². The Labute approximate surface area is 534 Å². The van der Waals surface area contributed by atoms with Gasteiger partial charge in [-0.3, -0.25) is 23.2 Å². The number of carbonyl (C=O) groups is 3. The van der Waals surface area contributed by atoms with Crippen LogP contribution in [0.5, 0.6) is 0 Å². The number of methoxy groups -OCH3 is 2. The van der Waals surface area contributed by atoms with Gasteiger partial charge in [0, 0.05) is 93.8 Å². The number of imide groups is 1. The lowest BCUT2D eigenvalue weighted by Gasteiger charge is -2.48. The second kappa shape index (κ2) is 34.5. The SMILES string of the molecule is COCCOCCOCCOCCC1(CCOCCOCCOCCOC)C=C(C)c2cc3c(/C=C/C=C/C=C4\N(CCCS(=O)(=O)O)c5ccc(S(=O)(=O)O)cc5C4(C)CCCC(=O)ON4C(=O)CCC4=O)cc(C(C)(C)C)[o+]c3cc2N1CCCS(=O)(=O)O. The van der Waals surface area contributed by atoms with Crippen LogP contribution in [0.1, 0.15) is 115 Å². The van der Waals surface area contributed by atoms with Gasteiger partial charge >= 0.3 is 17.3 Å². The molecule has 1 saturated heterocycles. The summed E-state index contributed by atoms with van der Waals surface area (Å²) in [4.78, 5) is 46.1. The van der Waals surface area contributed by atoms with Gasteiger partial charge in [0.15, 0.2) is 0 Å². The summed E-state index contributed by atoms with van der Waals surface area (Å²) < 4.78 is 155. The van der Waals surface area contributed by atoms with E-state index in [1.54, 1.807) is 37.3 Å². The number of carbonyl (C=O) groups excluding carboxylic acids is 3. The summed E-state index contributed by atoms with van der Waals surface area (Å²) in [5.74, 6) is -2.53. The molecule has 1 unspecified atom stereocenters. The van der Waals surface area contributed by atoms with Gasteiger partial charge in [0.1, 0.15) is 0 Å². The number of hydrogen-bond acceptors (Lipinski definition) is 20. The molecule has 1 fully saturated rings. The molecule has 2 aromatic carbocycles. The standard InChI is InChI=1S/C63H89N3O22S3/c1-47-46-63(22-26-81-32-34-85-38-36-83-30-28-79-6,23-27-82-33-35-86-39-37-84-31-29-80-7)65(25-13-41-90(73,74)75)54-45-55-51(44-50(47)54)48(42-57(87-55)61(2,3)4)14-9-8-10-15-56-62(5,21-11-16-60(69)88-66-58(67)19-20-59(66)68)52-43-49(91(76,77)78)17-18-53(52)64(56)24-12-40-89(70,71)72/h8-10,14-15,17-18,42-46H,11-13,16,19-41H2,1-7H3,(H2-,70,71,72,73,74,75,76,77,78)/p+1/b10-8+,14-9+,56-15-. The van der Waals surface area contributed by atoms with Gasteiger partial charge in [-0.05, 0) is 115 Å². The largest absolute Gasteiger partial charge is 0.382 e. The average Bonchev–Trinajstić information content (AvgIpc) is 1.73. The predicted molar refractivity (Wildman–Crippen MR) is 341 cm³/mol. The van der Waals surface area contributed by atoms with E-state index < -0.39 is 80.9 Å². The van der Waals surface area contributed by atoms with E-state index in [1.807, 2.05) is 65.0 Å². The number of amides is 2. The lowest BCUT2D eigenvalue weighted by Crippen LogP contribution is -2.52. The summed E-state index contributed by atoms with van der Waals surface area (Å²) in [5.41, 5.74) is 2.98. The summed E-state index contributed by atoms with van der Waals surface area (Å²) in [6.45, 7) is 15.5. The summed E-state index contributed by atoms with van der Waals surface area (Å²) in [7, 11) is -10.2. The third-order valence-electron chi connectivity index (χ3n) is 15.7. The van der Waals surface area contributed by atoms with Crippen molar-refractivity contribution in [2.45, 2.75) is 114 Å². The number of anilines is 2. The fourth-order valence-corrected chi connectivity index (χ4v) is 12.6. The van der Waals surface area contributed by atoms with Crippen molar-refractivity contribution in [3.63, 3.8) is 0 Å². The van der Waals surface area contributed by atoms with Gasteiger partial charge in [0.2, 0.25) is 0 Å². The van der Waals surface area contributed by atoms with Crippen LogP contribution in [0.4, 0.5) is 11.4 Å². The van der Waals surface area contributed by atoms with Gasteiger partial charge < -0.3 is 52.5 Å². The maximum Gasteiger partial charge on any atom is 0.362 e. The second-order valence-corrected chi connectivity index (χ2v) is 28.1. The van der Waals surface area contributed by atoms with E-state index >= 15 is 0 Å². The highest BCUT2D eigenvalue weighted by atomic mass is 32.2. The van der Waals surface area contributed by atoms with Crippen LogP contribution in [-0.2, 0) is 98.3 Å². The molecule has 1 atom stereocenters. The maximum absolute atomic E-state index is 13.0. The Hall–Kier alpha value is -5.57. The molecule has 3 N–H and O–H groups in total. The fraction of sp³-hybridized carbons (Fsp3) is 0.587. The van der Waals surface area contributed by atoms with E-state index in [-0.39, 0.29) is 58.0 Å². The fourth-order valence-electron chi connectivity index (χ4n) is 11.1. The zero-order chi connectivity index (χ0) is 66.5. The number of hydroxylamine groups is 2. The number of benzene rings is 2. The first kappa shape index (κ1) is 74.5. The molecule has 3 aromatic rings. The Morgan fingerprint density at radius 1 is 0.659 bits per heavy atom. The third-order valence-corrected chi connectivity index (χ3v) is 18.1. The third kappa shape index (κ3) is 22.3. The molecule has 2 amide bonds.